The lowest BCUT2D eigenvalue weighted by Gasteiger charge is -2.28. The predicted octanol–water partition coefficient (Wildman–Crippen LogP) is 8.18. The van der Waals surface area contributed by atoms with Crippen molar-refractivity contribution in [3.8, 4) is 21.7 Å². The van der Waals surface area contributed by atoms with Crippen molar-refractivity contribution in [1.29, 1.82) is 0 Å². The molecule has 1 N–H and O–H groups in total. The lowest BCUT2D eigenvalue weighted by atomic mass is 9.91. The van der Waals surface area contributed by atoms with E-state index in [4.69, 9.17) is 21.3 Å². The summed E-state index contributed by atoms with van der Waals surface area (Å²) in [6.07, 6.45) is -1.15. The number of benzene rings is 3. The van der Waals surface area contributed by atoms with E-state index in [1.807, 2.05) is 81.9 Å². The van der Waals surface area contributed by atoms with Gasteiger partial charge in [-0.2, -0.15) is 5.10 Å². The summed E-state index contributed by atoms with van der Waals surface area (Å²) in [5, 5.41) is 17.1. The summed E-state index contributed by atoms with van der Waals surface area (Å²) in [5.41, 5.74) is 5.20. The summed E-state index contributed by atoms with van der Waals surface area (Å²) in [7, 11) is 1.91. The second kappa shape index (κ2) is 9.51. The molecule has 0 spiro atoms. The summed E-state index contributed by atoms with van der Waals surface area (Å²) in [4.78, 5) is 17.5. The molecule has 37 heavy (non-hydrogen) atoms. The van der Waals surface area contributed by atoms with E-state index >= 15 is 0 Å². The molecule has 2 heterocycles. The van der Waals surface area contributed by atoms with Gasteiger partial charge in [-0.05, 0) is 91.1 Å². The number of carboxylic acids is 1. The monoisotopic (exact) mass is 597 g/mol. The molecule has 0 fully saturated rings. The van der Waals surface area contributed by atoms with Gasteiger partial charge in [-0.3, -0.25) is 4.68 Å². The summed E-state index contributed by atoms with van der Waals surface area (Å²) in [6.45, 7) is 7.48. The van der Waals surface area contributed by atoms with Gasteiger partial charge in [-0.1, -0.05) is 23.7 Å². The van der Waals surface area contributed by atoms with Crippen LogP contribution in [0.15, 0.2) is 53.1 Å². The minimum atomic E-state index is -1.15. The normalized spacial score (nSPS) is 12.9. The Kier molecular flexibility index (Phi) is 6.64. The Balaban J connectivity index is 1.78. The fraction of sp³-hybridized carbons (Fsp3) is 0.250. The van der Waals surface area contributed by atoms with Crippen LogP contribution in [0.1, 0.15) is 38.0 Å². The van der Waals surface area contributed by atoms with Gasteiger partial charge in [-0.25, -0.2) is 9.78 Å². The number of rotatable bonds is 5. The minimum Gasteiger partial charge on any atom is -0.479 e. The van der Waals surface area contributed by atoms with E-state index in [-0.39, 0.29) is 0 Å². The van der Waals surface area contributed by atoms with Crippen LogP contribution in [0.5, 0.6) is 0 Å². The van der Waals surface area contributed by atoms with Crippen LogP contribution >= 0.6 is 38.9 Å². The smallest absolute Gasteiger partial charge is 0.337 e. The van der Waals surface area contributed by atoms with Crippen molar-refractivity contribution in [1.82, 2.24) is 14.8 Å². The van der Waals surface area contributed by atoms with Crippen LogP contribution in [-0.2, 0) is 16.6 Å². The minimum absolute atomic E-state index is 0.607. The number of ether oxygens (including phenoxy) is 1. The molecule has 190 valence electrons. The van der Waals surface area contributed by atoms with Crippen molar-refractivity contribution in [3.63, 3.8) is 0 Å². The van der Waals surface area contributed by atoms with Gasteiger partial charge in [0.25, 0.3) is 0 Å². The van der Waals surface area contributed by atoms with Crippen LogP contribution in [0.4, 0.5) is 0 Å². The number of aryl methyl sites for hydroxylation is 2. The number of carbonyl (C=O) groups is 1. The Morgan fingerprint density at radius 2 is 1.81 bits per heavy atom. The van der Waals surface area contributed by atoms with Gasteiger partial charge in [-0.15, -0.1) is 11.3 Å². The van der Waals surface area contributed by atoms with Gasteiger partial charge in [0.15, 0.2) is 6.10 Å². The average Bonchev–Trinajstić information content (AvgIpc) is 3.37. The Labute approximate surface area is 232 Å². The first-order valence-corrected chi connectivity index (χ1v) is 13.6. The zero-order valence-electron chi connectivity index (χ0n) is 21.0. The van der Waals surface area contributed by atoms with Crippen molar-refractivity contribution in [3.05, 3.63) is 69.3 Å². The van der Waals surface area contributed by atoms with Crippen molar-refractivity contribution in [2.45, 2.75) is 39.4 Å². The molecule has 0 bridgehead atoms. The molecule has 0 aliphatic heterocycles. The third-order valence-corrected chi connectivity index (χ3v) is 8.05. The van der Waals surface area contributed by atoms with Crippen molar-refractivity contribution < 1.29 is 14.6 Å². The summed E-state index contributed by atoms with van der Waals surface area (Å²) >= 11 is 11.3. The average molecular weight is 599 g/mol. The van der Waals surface area contributed by atoms with E-state index in [9.17, 15) is 9.90 Å². The maximum Gasteiger partial charge on any atom is 0.337 e. The number of carboxylic acid groups (broad SMARTS) is 1. The second-order valence-electron chi connectivity index (χ2n) is 9.95. The molecule has 0 amide bonds. The molecule has 0 aliphatic rings. The van der Waals surface area contributed by atoms with Crippen LogP contribution in [0.25, 0.3) is 42.8 Å². The standard InChI is InChI=1S/C28H25BrClN3O3S/c1-14-12-19-24(37-26(31-19)16-8-11-20-18(13-16)25(29)32-33(20)5)22(15-6-9-17(30)10-7-15)21(14)23(27(34)35)36-28(2,3)4/h6-13,23H,1-5H3,(H,34,35). The Hall–Kier alpha value is -2.78. The number of aromatic nitrogens is 3. The molecular weight excluding hydrogens is 574 g/mol. The zero-order chi connectivity index (χ0) is 26.6. The summed E-state index contributed by atoms with van der Waals surface area (Å²) < 4.78 is 9.60. The number of hydrogen-bond acceptors (Lipinski definition) is 5. The Morgan fingerprint density at radius 1 is 1.14 bits per heavy atom. The van der Waals surface area contributed by atoms with Crippen LogP contribution in [0, 0.1) is 6.92 Å². The van der Waals surface area contributed by atoms with Gasteiger partial charge in [0.1, 0.15) is 9.61 Å². The highest BCUT2D eigenvalue weighted by molar-refractivity contribution is 9.10. The van der Waals surface area contributed by atoms with E-state index in [0.717, 1.165) is 53.0 Å². The molecule has 2 aromatic heterocycles. The first kappa shape index (κ1) is 25.9. The fourth-order valence-electron chi connectivity index (χ4n) is 4.52. The first-order chi connectivity index (χ1) is 17.4. The molecule has 1 atom stereocenters. The molecule has 0 radical (unpaired) electrons. The predicted molar refractivity (Wildman–Crippen MR) is 153 cm³/mol. The molecule has 6 nitrogen and oxygen atoms in total. The van der Waals surface area contributed by atoms with Crippen LogP contribution in [0.3, 0.4) is 0 Å². The topological polar surface area (TPSA) is 77.2 Å². The maximum atomic E-state index is 12.5. The van der Waals surface area contributed by atoms with Crippen molar-refractivity contribution >= 4 is 66.0 Å². The van der Waals surface area contributed by atoms with Crippen LogP contribution in [-0.4, -0.2) is 31.4 Å². The summed E-state index contributed by atoms with van der Waals surface area (Å²) in [5.74, 6) is -1.04. The van der Waals surface area contributed by atoms with Gasteiger partial charge in [0.05, 0.1) is 21.3 Å². The van der Waals surface area contributed by atoms with Crippen LogP contribution in [0.2, 0.25) is 5.02 Å². The Morgan fingerprint density at radius 3 is 2.46 bits per heavy atom. The molecule has 0 saturated carbocycles. The van der Waals surface area contributed by atoms with Gasteiger partial charge < -0.3 is 9.84 Å². The fourth-order valence-corrected chi connectivity index (χ4v) is 6.32. The van der Waals surface area contributed by atoms with E-state index in [0.29, 0.717) is 10.6 Å². The third kappa shape index (κ3) is 4.91. The number of hydrogen-bond donors (Lipinski definition) is 1. The van der Waals surface area contributed by atoms with Gasteiger partial charge in [0, 0.05) is 34.1 Å². The number of halogens is 2. The molecule has 5 rings (SSSR count). The molecule has 1 unspecified atom stereocenters. The first-order valence-electron chi connectivity index (χ1n) is 11.7. The molecule has 0 aliphatic carbocycles. The SMILES string of the molecule is Cc1cc2nc(-c3ccc4c(c3)c(Br)nn4C)sc2c(-c2ccc(Cl)cc2)c1C(OC(C)(C)C)C(=O)O. The van der Waals surface area contributed by atoms with Gasteiger partial charge in [0.2, 0.25) is 0 Å². The highest BCUT2D eigenvalue weighted by Crippen LogP contribution is 2.44. The van der Waals surface area contributed by atoms with Gasteiger partial charge >= 0.3 is 5.97 Å². The highest BCUT2D eigenvalue weighted by Gasteiger charge is 2.32. The molecule has 9 heteroatoms. The van der Waals surface area contributed by atoms with E-state index < -0.39 is 17.7 Å². The number of thiazole rings is 1. The Bertz CT molecular complexity index is 1670. The maximum absolute atomic E-state index is 12.5. The van der Waals surface area contributed by atoms with E-state index in [1.54, 1.807) is 0 Å². The quantitative estimate of drug-likeness (QED) is 0.221. The largest absolute Gasteiger partial charge is 0.479 e. The lowest BCUT2D eigenvalue weighted by Crippen LogP contribution is -2.28. The molecular formula is C28H25BrClN3O3S. The van der Waals surface area contributed by atoms with E-state index in [2.05, 4.69) is 27.1 Å². The van der Waals surface area contributed by atoms with Crippen LogP contribution < -0.4 is 0 Å². The molecule has 5 aromatic rings. The third-order valence-electron chi connectivity index (χ3n) is 6.07. The molecule has 0 saturated heterocycles. The summed E-state index contributed by atoms with van der Waals surface area (Å²) in [6, 6.07) is 15.5. The number of aliphatic carboxylic acids is 1. The number of nitrogens with zero attached hydrogens (tertiary/aromatic N) is 3. The molecule has 3 aromatic carbocycles. The zero-order valence-corrected chi connectivity index (χ0v) is 24.1. The second-order valence-corrected chi connectivity index (χ2v) is 12.1. The van der Waals surface area contributed by atoms with Crippen molar-refractivity contribution in [2.75, 3.05) is 0 Å². The highest BCUT2D eigenvalue weighted by atomic mass is 79.9. The van der Waals surface area contributed by atoms with E-state index in [1.165, 1.54) is 11.3 Å². The van der Waals surface area contributed by atoms with Crippen molar-refractivity contribution in [2.24, 2.45) is 7.05 Å². The number of fused-ring (bicyclic) bond motifs is 2. The lowest BCUT2D eigenvalue weighted by molar-refractivity contribution is -0.160.